The molecule has 196 valence electrons. The molecule has 4 rings (SSSR count). The molecule has 0 aliphatic carbocycles. The molecule has 3 N–H and O–H groups in total. The third kappa shape index (κ3) is 6.33. The molecule has 1 amide bonds. The number of carbonyl (C=O) groups excluding carboxylic acids is 2. The Morgan fingerprint density at radius 3 is 2.65 bits per heavy atom. The summed E-state index contributed by atoms with van der Waals surface area (Å²) in [4.78, 5) is 38.6. The zero-order valence-corrected chi connectivity index (χ0v) is 21.4. The quantitative estimate of drug-likeness (QED) is 0.505. The topological polar surface area (TPSA) is 113 Å². The second-order valence-corrected chi connectivity index (χ2v) is 9.23. The number of methoxy groups -OCH3 is 1. The van der Waals surface area contributed by atoms with E-state index in [-0.39, 0.29) is 16.5 Å². The number of pyridine rings is 1. The Kier molecular flexibility index (Phi) is 8.86. The highest BCUT2D eigenvalue weighted by Gasteiger charge is 2.34. The van der Waals surface area contributed by atoms with Gasteiger partial charge >= 0.3 is 5.97 Å². The number of benzene rings is 1. The van der Waals surface area contributed by atoms with Gasteiger partial charge in [-0.15, -0.1) is 0 Å². The van der Waals surface area contributed by atoms with Crippen molar-refractivity contribution in [2.75, 3.05) is 46.4 Å². The number of carbonyl (C=O) groups is 2. The summed E-state index contributed by atoms with van der Waals surface area (Å²) in [6.45, 7) is 3.30. The Hall–Kier alpha value is -3.34. The molecule has 3 heterocycles. The van der Waals surface area contributed by atoms with Crippen LogP contribution in [-0.2, 0) is 14.3 Å². The summed E-state index contributed by atoms with van der Waals surface area (Å²) in [6.07, 6.45) is 2.76. The highest BCUT2D eigenvalue weighted by atomic mass is 35.5. The van der Waals surface area contributed by atoms with E-state index in [9.17, 15) is 14.0 Å². The zero-order chi connectivity index (χ0) is 26.4. The largest absolute Gasteiger partial charge is 0.466 e. The number of amidine groups is 1. The molecule has 0 spiro atoms. The lowest BCUT2D eigenvalue weighted by Gasteiger charge is -2.36. The standard InChI is InChI=1S/C26H30ClFN6O3/c1-37-26(36)23-21(16-33-11-13-34(14-12-33)22(35)6-4-9-29)31-25(20-5-2-3-10-30-20)32-24(23)18-8-7-17(28)15-19(18)27/h2-3,5,7-8,10,15,24H,4,6,9,11-14,16,29H2,1H3,(H,31,32). The summed E-state index contributed by atoms with van der Waals surface area (Å²) in [7, 11) is 1.31. The van der Waals surface area contributed by atoms with Crippen LogP contribution in [0.25, 0.3) is 0 Å². The van der Waals surface area contributed by atoms with Gasteiger partial charge in [-0.25, -0.2) is 9.18 Å². The van der Waals surface area contributed by atoms with E-state index in [4.69, 9.17) is 27.1 Å². The average Bonchev–Trinajstić information content (AvgIpc) is 2.92. The smallest absolute Gasteiger partial charge is 0.338 e. The lowest BCUT2D eigenvalue weighted by atomic mass is 9.94. The number of nitrogens with one attached hydrogen (secondary N) is 1. The molecule has 1 saturated heterocycles. The normalized spacial score (nSPS) is 18.3. The third-order valence-corrected chi connectivity index (χ3v) is 6.72. The van der Waals surface area contributed by atoms with E-state index in [1.807, 2.05) is 17.0 Å². The van der Waals surface area contributed by atoms with Gasteiger partial charge in [-0.1, -0.05) is 23.7 Å². The predicted molar refractivity (Wildman–Crippen MR) is 138 cm³/mol. The first kappa shape index (κ1) is 26.7. The molecular weight excluding hydrogens is 499 g/mol. The number of halogens is 2. The maximum absolute atomic E-state index is 13.8. The van der Waals surface area contributed by atoms with Crippen LogP contribution in [0.1, 0.15) is 30.1 Å². The summed E-state index contributed by atoms with van der Waals surface area (Å²) in [5.74, 6) is -0.484. The molecule has 0 saturated carbocycles. The predicted octanol–water partition coefficient (Wildman–Crippen LogP) is 2.28. The van der Waals surface area contributed by atoms with E-state index in [1.54, 1.807) is 12.3 Å². The molecule has 1 unspecified atom stereocenters. The lowest BCUT2D eigenvalue weighted by Crippen LogP contribution is -2.50. The van der Waals surface area contributed by atoms with Crippen molar-refractivity contribution in [2.24, 2.45) is 10.7 Å². The summed E-state index contributed by atoms with van der Waals surface area (Å²) >= 11 is 6.42. The molecule has 1 fully saturated rings. The summed E-state index contributed by atoms with van der Waals surface area (Å²) in [5.41, 5.74) is 7.48. The molecule has 11 heteroatoms. The molecule has 2 aliphatic heterocycles. The number of hydrogen-bond acceptors (Lipinski definition) is 8. The van der Waals surface area contributed by atoms with Crippen molar-refractivity contribution in [3.8, 4) is 0 Å². The molecule has 1 aromatic carbocycles. The molecule has 0 bridgehead atoms. The van der Waals surface area contributed by atoms with Crippen molar-refractivity contribution in [2.45, 2.75) is 18.9 Å². The zero-order valence-electron chi connectivity index (χ0n) is 20.6. The number of aliphatic imine (C=N–C) groups is 1. The molecule has 2 aromatic rings. The summed E-state index contributed by atoms with van der Waals surface area (Å²) in [5, 5.41) is 3.44. The number of hydrogen-bond donors (Lipinski definition) is 2. The van der Waals surface area contributed by atoms with Crippen LogP contribution in [0.5, 0.6) is 0 Å². The SMILES string of the molecule is COC(=O)C1=C(CN2CCN(C(=O)CCCN)CC2)NC(c2ccccn2)=NC1c1ccc(F)cc1Cl. The minimum absolute atomic E-state index is 0.103. The van der Waals surface area contributed by atoms with Gasteiger partial charge < -0.3 is 20.7 Å². The average molecular weight is 529 g/mol. The number of nitrogens with zero attached hydrogens (tertiary/aromatic N) is 4. The van der Waals surface area contributed by atoms with Crippen LogP contribution in [0.2, 0.25) is 5.02 Å². The second kappa shape index (κ2) is 12.3. The molecule has 9 nitrogen and oxygen atoms in total. The first-order valence-corrected chi connectivity index (χ1v) is 12.5. The van der Waals surface area contributed by atoms with Crippen LogP contribution in [0.3, 0.4) is 0 Å². The highest BCUT2D eigenvalue weighted by Crippen LogP contribution is 2.36. The summed E-state index contributed by atoms with van der Waals surface area (Å²) in [6, 6.07) is 8.63. The Morgan fingerprint density at radius 2 is 2.00 bits per heavy atom. The Bertz CT molecular complexity index is 1200. The van der Waals surface area contributed by atoms with Crippen LogP contribution in [0.15, 0.2) is 58.9 Å². The highest BCUT2D eigenvalue weighted by molar-refractivity contribution is 6.31. The van der Waals surface area contributed by atoms with Gasteiger partial charge in [0, 0.05) is 61.6 Å². The third-order valence-electron chi connectivity index (χ3n) is 6.40. The van der Waals surface area contributed by atoms with E-state index in [2.05, 4.69) is 15.2 Å². The van der Waals surface area contributed by atoms with Crippen LogP contribution in [0, 0.1) is 5.82 Å². The van der Waals surface area contributed by atoms with E-state index in [0.717, 1.165) is 0 Å². The molecule has 1 aromatic heterocycles. The monoisotopic (exact) mass is 528 g/mol. The molecule has 2 aliphatic rings. The number of amides is 1. The van der Waals surface area contributed by atoms with E-state index < -0.39 is 17.8 Å². The van der Waals surface area contributed by atoms with Crippen LogP contribution < -0.4 is 11.1 Å². The fraction of sp³-hybridized carbons (Fsp3) is 0.385. The number of piperazine rings is 1. The van der Waals surface area contributed by atoms with Crippen molar-refractivity contribution in [3.05, 3.63) is 76.0 Å². The van der Waals surface area contributed by atoms with Crippen molar-refractivity contribution in [1.29, 1.82) is 0 Å². The Morgan fingerprint density at radius 1 is 1.22 bits per heavy atom. The fourth-order valence-electron chi connectivity index (χ4n) is 4.44. The van der Waals surface area contributed by atoms with Crippen molar-refractivity contribution < 1.29 is 18.7 Å². The maximum Gasteiger partial charge on any atom is 0.338 e. The van der Waals surface area contributed by atoms with Crippen molar-refractivity contribution >= 4 is 29.3 Å². The van der Waals surface area contributed by atoms with Gasteiger partial charge in [-0.05, 0) is 37.2 Å². The number of esters is 1. The van der Waals surface area contributed by atoms with Gasteiger partial charge in [-0.3, -0.25) is 19.7 Å². The number of nitrogens with two attached hydrogens (primary N) is 1. The second-order valence-electron chi connectivity index (χ2n) is 8.82. The fourth-order valence-corrected chi connectivity index (χ4v) is 4.71. The van der Waals surface area contributed by atoms with Crippen LogP contribution in [0.4, 0.5) is 4.39 Å². The van der Waals surface area contributed by atoms with Gasteiger partial charge in [0.2, 0.25) is 5.91 Å². The molecular formula is C26H30ClFN6O3. The minimum atomic E-state index is -0.826. The summed E-state index contributed by atoms with van der Waals surface area (Å²) < 4.78 is 19.0. The molecule has 1 atom stereocenters. The van der Waals surface area contributed by atoms with Gasteiger partial charge in [0.1, 0.15) is 17.6 Å². The van der Waals surface area contributed by atoms with E-state index in [0.29, 0.717) is 74.9 Å². The van der Waals surface area contributed by atoms with E-state index in [1.165, 1.54) is 25.3 Å². The number of rotatable bonds is 8. The molecule has 37 heavy (non-hydrogen) atoms. The van der Waals surface area contributed by atoms with Crippen molar-refractivity contribution in [3.63, 3.8) is 0 Å². The van der Waals surface area contributed by atoms with Gasteiger partial charge in [0.25, 0.3) is 0 Å². The minimum Gasteiger partial charge on any atom is -0.466 e. The first-order valence-electron chi connectivity index (χ1n) is 12.1. The Balaban J connectivity index is 1.65. The van der Waals surface area contributed by atoms with Gasteiger partial charge in [0.05, 0.1) is 12.7 Å². The lowest BCUT2D eigenvalue weighted by molar-refractivity contribution is -0.136. The maximum atomic E-state index is 13.8. The molecule has 0 radical (unpaired) electrons. The number of ether oxygens (including phenoxy) is 1. The van der Waals surface area contributed by atoms with Gasteiger partial charge in [0.15, 0.2) is 5.84 Å². The van der Waals surface area contributed by atoms with Crippen LogP contribution >= 0.6 is 11.6 Å². The Labute approximate surface area is 220 Å². The van der Waals surface area contributed by atoms with E-state index >= 15 is 0 Å². The van der Waals surface area contributed by atoms with Gasteiger partial charge in [-0.2, -0.15) is 0 Å². The first-order chi connectivity index (χ1) is 17.9. The number of aromatic nitrogens is 1. The van der Waals surface area contributed by atoms with Crippen molar-refractivity contribution in [1.82, 2.24) is 20.1 Å². The van der Waals surface area contributed by atoms with Crippen LogP contribution in [-0.4, -0.2) is 78.9 Å².